The van der Waals surface area contributed by atoms with Crippen molar-refractivity contribution in [3.8, 4) is 0 Å². The first-order valence-electron chi connectivity index (χ1n) is 26.2. The number of carbonyl (C=O) groups excluding carboxylic acids is 3. The Kier molecular flexibility index (Phi) is 48.5. The molecule has 0 aromatic carbocycles. The van der Waals surface area contributed by atoms with Gasteiger partial charge in [0.05, 0.1) is 0 Å². The van der Waals surface area contributed by atoms with E-state index in [1.54, 1.807) is 0 Å². The highest BCUT2D eigenvalue weighted by atomic mass is 16.6. The first-order valence-corrected chi connectivity index (χ1v) is 26.2. The first-order chi connectivity index (χ1) is 31.0. The topological polar surface area (TPSA) is 78.9 Å². The van der Waals surface area contributed by atoms with E-state index in [-0.39, 0.29) is 37.5 Å². The summed E-state index contributed by atoms with van der Waals surface area (Å²) in [5.41, 5.74) is 0. The SMILES string of the molecule is CC\C=C/C=C\C=C/C=C\C=C/CCCCCC(=O)OC(COC(=O)CCCCCCC/C=C\C=C/CCCCCCCCC)COC(=O)CCCCCCCCCCCCCC. The fraction of sp³-hybridized carbons (Fsp3) is 0.702. The normalized spacial score (nSPS) is 12.7. The minimum Gasteiger partial charge on any atom is -0.462 e. The van der Waals surface area contributed by atoms with Crippen LogP contribution in [0.2, 0.25) is 0 Å². The minimum absolute atomic E-state index is 0.0980. The van der Waals surface area contributed by atoms with Gasteiger partial charge in [-0.15, -0.1) is 0 Å². The van der Waals surface area contributed by atoms with Gasteiger partial charge >= 0.3 is 17.9 Å². The van der Waals surface area contributed by atoms with Crippen LogP contribution in [0.3, 0.4) is 0 Å². The Morgan fingerprint density at radius 1 is 0.333 bits per heavy atom. The predicted molar refractivity (Wildman–Crippen MR) is 270 cm³/mol. The Labute approximate surface area is 388 Å². The molecule has 0 spiro atoms. The Hall–Kier alpha value is -3.41. The van der Waals surface area contributed by atoms with Gasteiger partial charge in [0, 0.05) is 19.3 Å². The molecule has 0 aromatic heterocycles. The summed E-state index contributed by atoms with van der Waals surface area (Å²) < 4.78 is 16.8. The summed E-state index contributed by atoms with van der Waals surface area (Å²) in [5, 5.41) is 0. The van der Waals surface area contributed by atoms with Crippen molar-refractivity contribution in [3.05, 3.63) is 85.1 Å². The van der Waals surface area contributed by atoms with Gasteiger partial charge in [-0.2, -0.15) is 0 Å². The Morgan fingerprint density at radius 3 is 1.00 bits per heavy atom. The molecule has 0 aliphatic rings. The van der Waals surface area contributed by atoms with Crippen LogP contribution in [-0.4, -0.2) is 37.2 Å². The van der Waals surface area contributed by atoms with Gasteiger partial charge < -0.3 is 14.2 Å². The molecule has 0 N–H and O–H groups in total. The number of hydrogen-bond donors (Lipinski definition) is 0. The zero-order valence-corrected chi connectivity index (χ0v) is 41.1. The van der Waals surface area contributed by atoms with Gasteiger partial charge in [0.2, 0.25) is 0 Å². The van der Waals surface area contributed by atoms with Gasteiger partial charge in [0.25, 0.3) is 0 Å². The summed E-state index contributed by atoms with van der Waals surface area (Å²) >= 11 is 0. The Bertz CT molecular complexity index is 1240. The van der Waals surface area contributed by atoms with E-state index in [1.165, 1.54) is 109 Å². The number of rotatable bonds is 46. The zero-order chi connectivity index (χ0) is 45.8. The summed E-state index contributed by atoms with van der Waals surface area (Å²) in [6, 6.07) is 0. The van der Waals surface area contributed by atoms with Crippen molar-refractivity contribution < 1.29 is 28.6 Å². The maximum atomic E-state index is 12.8. The summed E-state index contributed by atoms with van der Waals surface area (Å²) in [5.74, 6) is -0.955. The standard InChI is InChI=1S/C57H96O6/c1-4-7-10-13-16-19-22-25-27-28-29-31-32-35-38-41-44-47-50-56(59)62-53-54(52-61-55(58)49-46-43-40-37-34-24-21-18-15-12-9-6-3)63-57(60)51-48-45-42-39-36-33-30-26-23-20-17-14-11-8-5-2/h8,11,14,17,20,23,26-31,33,36,54H,4-7,9-10,12-13,15-16,18-19,21-22,24-25,32,34-35,37-53H2,1-3H3/b11-8-,17-14-,23-20-,28-27-,30-26-,31-29-,36-33-. The van der Waals surface area contributed by atoms with Crippen molar-refractivity contribution >= 4 is 17.9 Å². The van der Waals surface area contributed by atoms with Crippen LogP contribution >= 0.6 is 0 Å². The Morgan fingerprint density at radius 2 is 0.619 bits per heavy atom. The van der Waals surface area contributed by atoms with Gasteiger partial charge in [0.1, 0.15) is 13.2 Å². The van der Waals surface area contributed by atoms with Gasteiger partial charge in [-0.3, -0.25) is 14.4 Å². The molecule has 0 rings (SSSR count). The van der Waals surface area contributed by atoms with E-state index >= 15 is 0 Å². The van der Waals surface area contributed by atoms with E-state index in [4.69, 9.17) is 14.2 Å². The van der Waals surface area contributed by atoms with Crippen molar-refractivity contribution in [2.45, 2.75) is 245 Å². The van der Waals surface area contributed by atoms with E-state index in [0.29, 0.717) is 19.3 Å². The van der Waals surface area contributed by atoms with Crippen LogP contribution in [0.4, 0.5) is 0 Å². The van der Waals surface area contributed by atoms with Gasteiger partial charge in [-0.05, 0) is 64.2 Å². The maximum Gasteiger partial charge on any atom is 0.306 e. The van der Waals surface area contributed by atoms with Gasteiger partial charge in [-0.1, -0.05) is 241 Å². The molecular weight excluding hydrogens is 781 g/mol. The fourth-order valence-electron chi connectivity index (χ4n) is 7.10. The highest BCUT2D eigenvalue weighted by molar-refractivity contribution is 5.71. The van der Waals surface area contributed by atoms with Crippen LogP contribution in [0.5, 0.6) is 0 Å². The van der Waals surface area contributed by atoms with Crippen LogP contribution in [0, 0.1) is 0 Å². The lowest BCUT2D eigenvalue weighted by molar-refractivity contribution is -0.167. The Balaban J connectivity index is 4.47. The predicted octanol–water partition coefficient (Wildman–Crippen LogP) is 17.2. The summed E-state index contributed by atoms with van der Waals surface area (Å²) in [6.45, 7) is 6.44. The van der Waals surface area contributed by atoms with Crippen LogP contribution in [-0.2, 0) is 28.6 Å². The fourth-order valence-corrected chi connectivity index (χ4v) is 7.10. The molecule has 0 radical (unpaired) electrons. The third-order valence-electron chi connectivity index (χ3n) is 11.0. The summed E-state index contributed by atoms with van der Waals surface area (Å²) in [6.07, 6.45) is 65.6. The first kappa shape index (κ1) is 59.6. The van der Waals surface area contributed by atoms with E-state index < -0.39 is 6.10 Å². The van der Waals surface area contributed by atoms with E-state index in [2.05, 4.69) is 57.2 Å². The van der Waals surface area contributed by atoms with Gasteiger partial charge in [-0.25, -0.2) is 0 Å². The number of unbranched alkanes of at least 4 members (excludes halogenated alkanes) is 26. The van der Waals surface area contributed by atoms with Crippen molar-refractivity contribution in [2.75, 3.05) is 13.2 Å². The van der Waals surface area contributed by atoms with Crippen molar-refractivity contribution in [3.63, 3.8) is 0 Å². The maximum absolute atomic E-state index is 12.8. The second-order valence-corrected chi connectivity index (χ2v) is 17.2. The molecule has 6 heteroatoms. The smallest absolute Gasteiger partial charge is 0.306 e. The summed E-state index contributed by atoms with van der Waals surface area (Å²) in [7, 11) is 0. The largest absolute Gasteiger partial charge is 0.462 e. The number of allylic oxidation sites excluding steroid dienone is 14. The van der Waals surface area contributed by atoms with Crippen LogP contribution in [0.25, 0.3) is 0 Å². The van der Waals surface area contributed by atoms with Crippen molar-refractivity contribution in [1.82, 2.24) is 0 Å². The van der Waals surface area contributed by atoms with Crippen molar-refractivity contribution in [2.24, 2.45) is 0 Å². The van der Waals surface area contributed by atoms with E-state index in [1.807, 2.05) is 48.6 Å². The molecular formula is C57H96O6. The molecule has 6 nitrogen and oxygen atoms in total. The summed E-state index contributed by atoms with van der Waals surface area (Å²) in [4.78, 5) is 38.0. The third kappa shape index (κ3) is 49.5. The lowest BCUT2D eigenvalue weighted by Gasteiger charge is -2.18. The molecule has 0 aliphatic carbocycles. The second kappa shape index (κ2) is 51.2. The van der Waals surface area contributed by atoms with E-state index in [9.17, 15) is 14.4 Å². The van der Waals surface area contributed by atoms with E-state index in [0.717, 1.165) is 83.5 Å². The number of esters is 3. The van der Waals surface area contributed by atoms with Gasteiger partial charge in [0.15, 0.2) is 6.10 Å². The lowest BCUT2D eigenvalue weighted by atomic mass is 10.0. The monoisotopic (exact) mass is 877 g/mol. The molecule has 0 saturated heterocycles. The molecule has 360 valence electrons. The zero-order valence-electron chi connectivity index (χ0n) is 41.1. The quantitative estimate of drug-likeness (QED) is 0.0262. The molecule has 0 fully saturated rings. The molecule has 1 atom stereocenters. The van der Waals surface area contributed by atoms with Crippen molar-refractivity contribution in [1.29, 1.82) is 0 Å². The molecule has 0 aromatic rings. The van der Waals surface area contributed by atoms with Crippen LogP contribution < -0.4 is 0 Å². The molecule has 0 aliphatic heterocycles. The minimum atomic E-state index is -0.803. The molecule has 0 amide bonds. The lowest BCUT2D eigenvalue weighted by Crippen LogP contribution is -2.30. The molecule has 1 unspecified atom stereocenters. The number of ether oxygens (including phenoxy) is 3. The highest BCUT2D eigenvalue weighted by Gasteiger charge is 2.19. The average Bonchev–Trinajstić information content (AvgIpc) is 3.28. The molecule has 0 heterocycles. The van der Waals surface area contributed by atoms with Crippen LogP contribution in [0.1, 0.15) is 239 Å². The third-order valence-corrected chi connectivity index (χ3v) is 11.0. The number of hydrogen-bond acceptors (Lipinski definition) is 6. The molecule has 0 bridgehead atoms. The number of carbonyl (C=O) groups is 3. The molecule has 63 heavy (non-hydrogen) atoms. The van der Waals surface area contributed by atoms with Crippen LogP contribution in [0.15, 0.2) is 85.1 Å². The second-order valence-electron chi connectivity index (χ2n) is 17.2. The molecule has 0 saturated carbocycles. The average molecular weight is 877 g/mol. The highest BCUT2D eigenvalue weighted by Crippen LogP contribution is 2.14.